The Morgan fingerprint density at radius 1 is 0.917 bits per heavy atom. The van der Waals surface area contributed by atoms with Gasteiger partial charge in [0.15, 0.2) is 12.3 Å². The van der Waals surface area contributed by atoms with E-state index in [-0.39, 0.29) is 11.5 Å². The van der Waals surface area contributed by atoms with Crippen LogP contribution in [0, 0.1) is 17.6 Å². The van der Waals surface area contributed by atoms with Gasteiger partial charge in [0, 0.05) is 0 Å². The van der Waals surface area contributed by atoms with Gasteiger partial charge in [0.1, 0.15) is 17.5 Å². The first-order chi connectivity index (χ1) is 11.4. The maximum Gasteiger partial charge on any atom is 0.186 e. The predicted molar refractivity (Wildman–Crippen MR) is 83.7 cm³/mol. The van der Waals surface area contributed by atoms with E-state index >= 15 is 0 Å². The molecule has 0 nitrogen and oxygen atoms in total. The van der Waals surface area contributed by atoms with Gasteiger partial charge in [-0.1, -0.05) is 19.8 Å². The molecule has 5 heteroatoms. The molecule has 130 valence electrons. The zero-order valence-electron chi connectivity index (χ0n) is 13.3. The lowest BCUT2D eigenvalue weighted by Crippen LogP contribution is -2.19. The molecule has 2 atom stereocenters. The number of halogens is 5. The van der Waals surface area contributed by atoms with Gasteiger partial charge in [-0.2, -0.15) is 0 Å². The Labute approximate surface area is 138 Å². The predicted octanol–water partition coefficient (Wildman–Crippen LogP) is 6.19. The van der Waals surface area contributed by atoms with Crippen LogP contribution in [0.3, 0.4) is 0 Å². The molecule has 2 aliphatic carbocycles. The molecule has 0 heterocycles. The lowest BCUT2D eigenvalue weighted by Gasteiger charge is -2.27. The second-order valence-electron chi connectivity index (χ2n) is 6.81. The van der Waals surface area contributed by atoms with E-state index in [1.54, 1.807) is 0 Å². The molecular formula is C19H19F5. The number of hydrogen-bond acceptors (Lipinski definition) is 0. The minimum Gasteiger partial charge on any atom is -0.239 e. The standard InChI is InChI=1S/C19H19F5/c1-10-2-4-11(5-3-10)12-6-14(20)18(15(21)7-12)13-8-16(22)19(24)17(23)9-13/h6-11,16,19H,2-5H2,1H3. The molecule has 0 aromatic heterocycles. The van der Waals surface area contributed by atoms with Crippen molar-refractivity contribution in [3.63, 3.8) is 0 Å². The highest BCUT2D eigenvalue weighted by Gasteiger charge is 2.30. The number of hydrogen-bond donors (Lipinski definition) is 0. The first kappa shape index (κ1) is 17.2. The van der Waals surface area contributed by atoms with Crippen LogP contribution in [0.15, 0.2) is 30.1 Å². The fourth-order valence-corrected chi connectivity index (χ4v) is 3.54. The third kappa shape index (κ3) is 3.26. The van der Waals surface area contributed by atoms with E-state index in [2.05, 4.69) is 6.92 Å². The molecular weight excluding hydrogens is 323 g/mol. The highest BCUT2D eigenvalue weighted by atomic mass is 19.2. The average Bonchev–Trinajstić information content (AvgIpc) is 2.52. The van der Waals surface area contributed by atoms with Crippen molar-refractivity contribution in [2.75, 3.05) is 0 Å². The van der Waals surface area contributed by atoms with E-state index in [1.807, 2.05) is 0 Å². The summed E-state index contributed by atoms with van der Waals surface area (Å²) in [5.41, 5.74) is -0.234. The van der Waals surface area contributed by atoms with Crippen LogP contribution in [-0.2, 0) is 0 Å². The molecule has 0 radical (unpaired) electrons. The lowest BCUT2D eigenvalue weighted by molar-refractivity contribution is 0.207. The third-order valence-corrected chi connectivity index (χ3v) is 5.02. The first-order valence-electron chi connectivity index (χ1n) is 8.23. The molecule has 0 N–H and O–H groups in total. The van der Waals surface area contributed by atoms with Gasteiger partial charge in [-0.3, -0.25) is 0 Å². The Balaban J connectivity index is 1.93. The van der Waals surface area contributed by atoms with Crippen LogP contribution < -0.4 is 0 Å². The molecule has 0 saturated heterocycles. The molecule has 3 rings (SSSR count). The fourth-order valence-electron chi connectivity index (χ4n) is 3.54. The van der Waals surface area contributed by atoms with Gasteiger partial charge in [0.05, 0.1) is 5.56 Å². The van der Waals surface area contributed by atoms with Crippen molar-refractivity contribution in [1.82, 2.24) is 0 Å². The van der Waals surface area contributed by atoms with Crippen LogP contribution in [0.25, 0.3) is 5.57 Å². The zero-order chi connectivity index (χ0) is 17.4. The normalized spacial score (nSPS) is 30.8. The molecule has 1 aromatic rings. The topological polar surface area (TPSA) is 0 Å². The van der Waals surface area contributed by atoms with Crippen molar-refractivity contribution in [3.8, 4) is 0 Å². The summed E-state index contributed by atoms with van der Waals surface area (Å²) in [6.07, 6.45) is 0.472. The van der Waals surface area contributed by atoms with E-state index in [1.165, 1.54) is 12.1 Å². The van der Waals surface area contributed by atoms with E-state index in [4.69, 9.17) is 0 Å². The molecule has 2 aliphatic rings. The average molecular weight is 342 g/mol. The Kier molecular flexibility index (Phi) is 4.79. The molecule has 0 bridgehead atoms. The summed E-state index contributed by atoms with van der Waals surface area (Å²) in [7, 11) is 0. The molecule has 0 spiro atoms. The van der Waals surface area contributed by atoms with Crippen LogP contribution >= 0.6 is 0 Å². The highest BCUT2D eigenvalue weighted by molar-refractivity contribution is 5.77. The van der Waals surface area contributed by atoms with Crippen molar-refractivity contribution in [2.24, 2.45) is 5.92 Å². The second kappa shape index (κ2) is 6.69. The van der Waals surface area contributed by atoms with Gasteiger partial charge in [0.2, 0.25) is 0 Å². The van der Waals surface area contributed by atoms with Crippen molar-refractivity contribution < 1.29 is 22.0 Å². The maximum absolute atomic E-state index is 14.4. The van der Waals surface area contributed by atoms with Crippen LogP contribution in [0.4, 0.5) is 22.0 Å². The Hall–Kier alpha value is -1.65. The quantitative estimate of drug-likeness (QED) is 0.563. The zero-order valence-corrected chi connectivity index (χ0v) is 13.3. The van der Waals surface area contributed by atoms with Crippen molar-refractivity contribution in [1.29, 1.82) is 0 Å². The van der Waals surface area contributed by atoms with Gasteiger partial charge in [-0.15, -0.1) is 0 Å². The van der Waals surface area contributed by atoms with Crippen LogP contribution in [0.2, 0.25) is 0 Å². The van der Waals surface area contributed by atoms with E-state index in [0.29, 0.717) is 17.6 Å². The van der Waals surface area contributed by atoms with Crippen LogP contribution in [-0.4, -0.2) is 12.3 Å². The number of allylic oxidation sites excluding steroid dienone is 4. The minimum absolute atomic E-state index is 0.0935. The molecule has 0 amide bonds. The molecule has 1 saturated carbocycles. The Bertz CT molecular complexity index is 660. The first-order valence-corrected chi connectivity index (χ1v) is 8.23. The maximum atomic E-state index is 14.4. The third-order valence-electron chi connectivity index (χ3n) is 5.02. The Morgan fingerprint density at radius 3 is 2.04 bits per heavy atom. The lowest BCUT2D eigenvalue weighted by atomic mass is 9.79. The largest absolute Gasteiger partial charge is 0.239 e. The number of benzene rings is 1. The van der Waals surface area contributed by atoms with Crippen LogP contribution in [0.5, 0.6) is 0 Å². The van der Waals surface area contributed by atoms with E-state index < -0.39 is 35.4 Å². The van der Waals surface area contributed by atoms with Crippen molar-refractivity contribution >= 4 is 5.57 Å². The SMILES string of the molecule is CC1CCC(c2cc(F)c(C3=CC(F)C(F)C(F)=C3)c(F)c2)CC1. The summed E-state index contributed by atoms with van der Waals surface area (Å²) >= 11 is 0. The van der Waals surface area contributed by atoms with E-state index in [0.717, 1.165) is 31.8 Å². The summed E-state index contributed by atoms with van der Waals surface area (Å²) in [5.74, 6) is -2.39. The summed E-state index contributed by atoms with van der Waals surface area (Å²) < 4.78 is 68.9. The second-order valence-corrected chi connectivity index (χ2v) is 6.81. The summed E-state index contributed by atoms with van der Waals surface area (Å²) in [5, 5.41) is 0. The van der Waals surface area contributed by atoms with Gasteiger partial charge in [0.25, 0.3) is 0 Å². The van der Waals surface area contributed by atoms with Gasteiger partial charge in [-0.05, 0) is 60.1 Å². The van der Waals surface area contributed by atoms with Crippen LogP contribution in [0.1, 0.15) is 49.7 Å². The smallest absolute Gasteiger partial charge is 0.186 e. The highest BCUT2D eigenvalue weighted by Crippen LogP contribution is 2.38. The fraction of sp³-hybridized carbons (Fsp3) is 0.474. The van der Waals surface area contributed by atoms with Gasteiger partial charge in [-0.25, -0.2) is 22.0 Å². The van der Waals surface area contributed by atoms with Crippen molar-refractivity contribution in [2.45, 2.75) is 50.9 Å². The summed E-state index contributed by atoms with van der Waals surface area (Å²) in [6.45, 7) is 2.16. The molecule has 1 fully saturated rings. The van der Waals surface area contributed by atoms with Gasteiger partial charge < -0.3 is 0 Å². The number of rotatable bonds is 2. The summed E-state index contributed by atoms with van der Waals surface area (Å²) in [6, 6.07) is 2.47. The monoisotopic (exact) mass is 342 g/mol. The Morgan fingerprint density at radius 2 is 1.50 bits per heavy atom. The molecule has 2 unspecified atom stereocenters. The van der Waals surface area contributed by atoms with E-state index in [9.17, 15) is 22.0 Å². The molecule has 0 aliphatic heterocycles. The minimum atomic E-state index is -2.41. The molecule has 1 aromatic carbocycles. The molecule has 24 heavy (non-hydrogen) atoms. The number of alkyl halides is 2. The summed E-state index contributed by atoms with van der Waals surface area (Å²) in [4.78, 5) is 0. The van der Waals surface area contributed by atoms with Gasteiger partial charge >= 0.3 is 0 Å². The van der Waals surface area contributed by atoms with Crippen molar-refractivity contribution in [3.05, 3.63) is 52.9 Å².